The summed E-state index contributed by atoms with van der Waals surface area (Å²) in [7, 11) is 3.31. The molecule has 27 heavy (non-hydrogen) atoms. The molecule has 3 aromatic rings. The summed E-state index contributed by atoms with van der Waals surface area (Å²) in [4.78, 5) is 17.7. The first-order valence-corrected chi connectivity index (χ1v) is 9.31. The van der Waals surface area contributed by atoms with Crippen LogP contribution >= 0.6 is 0 Å². The molecule has 140 valence electrons. The zero-order chi connectivity index (χ0) is 19.0. The second-order valence-electron chi connectivity index (χ2n) is 7.14. The monoisotopic (exact) mass is 365 g/mol. The minimum atomic E-state index is -0.106. The molecule has 0 saturated heterocycles. The summed E-state index contributed by atoms with van der Waals surface area (Å²) in [6.07, 6.45) is 2.77. The number of carbonyl (C=O) groups is 1. The Bertz CT molecular complexity index is 992. The molecule has 0 fully saturated rings. The number of hydrogen-bond donors (Lipinski definition) is 2. The molecule has 2 atom stereocenters. The number of para-hydroxylation sites is 1. The van der Waals surface area contributed by atoms with Crippen LogP contribution in [0.3, 0.4) is 0 Å². The Labute approximate surface area is 158 Å². The van der Waals surface area contributed by atoms with Crippen molar-refractivity contribution >= 4 is 16.7 Å². The summed E-state index contributed by atoms with van der Waals surface area (Å²) in [6.45, 7) is 3.77. The number of methoxy groups -OCH3 is 2. The molecule has 4 rings (SSSR count). The minimum absolute atomic E-state index is 0.106. The molecule has 5 nitrogen and oxygen atoms in total. The standard InChI is InChI=1S/C22H24N2O3/c1-14(22(25)18-12-23-19-7-5-4-6-17(18)19)24-9-8-15-10-20(26-2)21(27-3)11-16(15)13-24/h4-7,10-12,14,23H,8-9,13H2,1-3H3/p+1/t14-/m1/s1. The fourth-order valence-corrected chi connectivity index (χ4v) is 4.05. The number of ketones is 1. The van der Waals surface area contributed by atoms with E-state index in [0.717, 1.165) is 47.5 Å². The first-order valence-electron chi connectivity index (χ1n) is 9.31. The molecule has 0 bridgehead atoms. The molecular formula is C22H25N2O3+. The fraction of sp³-hybridized carbons (Fsp3) is 0.318. The molecule has 5 heteroatoms. The number of aromatic nitrogens is 1. The summed E-state index contributed by atoms with van der Waals surface area (Å²) in [5.41, 5.74) is 4.29. The molecule has 1 unspecified atom stereocenters. The number of aromatic amines is 1. The van der Waals surface area contributed by atoms with Crippen LogP contribution in [0.15, 0.2) is 42.6 Å². The van der Waals surface area contributed by atoms with Gasteiger partial charge in [0.2, 0.25) is 5.78 Å². The van der Waals surface area contributed by atoms with Crippen LogP contribution < -0.4 is 14.4 Å². The first-order chi connectivity index (χ1) is 13.1. The van der Waals surface area contributed by atoms with Gasteiger partial charge in [0.05, 0.1) is 20.8 Å². The lowest BCUT2D eigenvalue weighted by Crippen LogP contribution is -3.16. The highest BCUT2D eigenvalue weighted by atomic mass is 16.5. The van der Waals surface area contributed by atoms with E-state index in [2.05, 4.69) is 17.1 Å². The van der Waals surface area contributed by atoms with Gasteiger partial charge in [-0.1, -0.05) is 18.2 Å². The number of benzene rings is 2. The molecule has 0 radical (unpaired) electrons. The summed E-state index contributed by atoms with van der Waals surface area (Å²) < 4.78 is 10.9. The average molecular weight is 365 g/mol. The molecule has 1 aromatic heterocycles. The van der Waals surface area contributed by atoms with Crippen molar-refractivity contribution in [2.45, 2.75) is 25.9 Å². The highest BCUT2D eigenvalue weighted by Gasteiger charge is 2.31. The molecule has 0 aliphatic carbocycles. The zero-order valence-electron chi connectivity index (χ0n) is 16.0. The minimum Gasteiger partial charge on any atom is -0.493 e. The summed E-state index contributed by atoms with van der Waals surface area (Å²) in [5.74, 6) is 1.70. The Morgan fingerprint density at radius 2 is 1.81 bits per heavy atom. The highest BCUT2D eigenvalue weighted by molar-refractivity contribution is 6.09. The zero-order valence-corrected chi connectivity index (χ0v) is 16.0. The summed E-state index contributed by atoms with van der Waals surface area (Å²) in [6, 6.07) is 12.0. The summed E-state index contributed by atoms with van der Waals surface area (Å²) in [5, 5.41) is 0.998. The number of ether oxygens (including phenoxy) is 2. The van der Waals surface area contributed by atoms with Crippen molar-refractivity contribution in [3.63, 3.8) is 0 Å². The van der Waals surface area contributed by atoms with Crippen molar-refractivity contribution < 1.29 is 19.2 Å². The van der Waals surface area contributed by atoms with Gasteiger partial charge in [-0.2, -0.15) is 0 Å². The number of carbonyl (C=O) groups excluding carboxylic acids is 1. The fourth-order valence-electron chi connectivity index (χ4n) is 4.05. The maximum atomic E-state index is 13.2. The van der Waals surface area contributed by atoms with Crippen LogP contribution in [0, 0.1) is 0 Å². The average Bonchev–Trinajstić information content (AvgIpc) is 3.15. The van der Waals surface area contributed by atoms with Gasteiger partial charge in [-0.15, -0.1) is 0 Å². The van der Waals surface area contributed by atoms with E-state index in [1.807, 2.05) is 37.4 Å². The molecule has 0 amide bonds. The highest BCUT2D eigenvalue weighted by Crippen LogP contribution is 2.31. The van der Waals surface area contributed by atoms with Crippen molar-refractivity contribution in [1.29, 1.82) is 0 Å². The van der Waals surface area contributed by atoms with Crippen molar-refractivity contribution in [3.05, 3.63) is 59.3 Å². The van der Waals surface area contributed by atoms with Crippen LogP contribution in [0.2, 0.25) is 0 Å². The second kappa shape index (κ2) is 7.08. The number of H-pyrrole nitrogens is 1. The van der Waals surface area contributed by atoms with Gasteiger partial charge in [-0.05, 0) is 30.7 Å². The largest absolute Gasteiger partial charge is 0.493 e. The Kier molecular flexibility index (Phi) is 4.62. The topological polar surface area (TPSA) is 55.8 Å². The predicted octanol–water partition coefficient (Wildman–Crippen LogP) is 2.40. The quantitative estimate of drug-likeness (QED) is 0.683. The maximum absolute atomic E-state index is 13.2. The molecule has 2 aromatic carbocycles. The van der Waals surface area contributed by atoms with Crippen LogP contribution in [0.4, 0.5) is 0 Å². The lowest BCUT2D eigenvalue weighted by Gasteiger charge is -2.30. The number of quaternary nitrogens is 1. The van der Waals surface area contributed by atoms with E-state index in [0.29, 0.717) is 0 Å². The van der Waals surface area contributed by atoms with Crippen LogP contribution in [0.1, 0.15) is 28.4 Å². The van der Waals surface area contributed by atoms with Gasteiger partial charge in [-0.3, -0.25) is 4.79 Å². The lowest BCUT2D eigenvalue weighted by molar-refractivity contribution is -0.929. The van der Waals surface area contributed by atoms with Crippen LogP contribution in [-0.4, -0.2) is 37.6 Å². The molecule has 0 spiro atoms. The number of Topliss-reactive ketones (excluding diaryl/α,β-unsaturated/α-hetero) is 1. The molecule has 0 saturated carbocycles. The van der Waals surface area contributed by atoms with Crippen molar-refractivity contribution in [2.24, 2.45) is 0 Å². The predicted molar refractivity (Wildman–Crippen MR) is 105 cm³/mol. The smallest absolute Gasteiger partial charge is 0.221 e. The Hall–Kier alpha value is -2.79. The van der Waals surface area contributed by atoms with Crippen molar-refractivity contribution in [3.8, 4) is 11.5 Å². The molecule has 1 aliphatic rings. The van der Waals surface area contributed by atoms with Crippen LogP contribution in [0.5, 0.6) is 11.5 Å². The van der Waals surface area contributed by atoms with Crippen molar-refractivity contribution in [1.82, 2.24) is 4.98 Å². The van der Waals surface area contributed by atoms with E-state index in [-0.39, 0.29) is 11.8 Å². The normalized spacial score (nSPS) is 17.4. The van der Waals surface area contributed by atoms with Crippen molar-refractivity contribution in [2.75, 3.05) is 20.8 Å². The van der Waals surface area contributed by atoms with E-state index in [1.165, 1.54) is 16.0 Å². The Morgan fingerprint density at radius 3 is 2.56 bits per heavy atom. The Balaban J connectivity index is 1.59. The molecule has 2 heterocycles. The maximum Gasteiger partial charge on any atom is 0.221 e. The van der Waals surface area contributed by atoms with Gasteiger partial charge in [0.25, 0.3) is 0 Å². The van der Waals surface area contributed by atoms with Gasteiger partial charge in [0, 0.05) is 34.6 Å². The molecule has 2 N–H and O–H groups in total. The number of nitrogens with one attached hydrogen (secondary N) is 2. The van der Waals surface area contributed by atoms with E-state index >= 15 is 0 Å². The number of rotatable bonds is 5. The summed E-state index contributed by atoms with van der Waals surface area (Å²) >= 11 is 0. The van der Waals surface area contributed by atoms with Gasteiger partial charge in [0.15, 0.2) is 11.5 Å². The Morgan fingerprint density at radius 1 is 1.11 bits per heavy atom. The van der Waals surface area contributed by atoms with Gasteiger partial charge in [-0.25, -0.2) is 0 Å². The lowest BCUT2D eigenvalue weighted by atomic mass is 9.95. The first kappa shape index (κ1) is 17.6. The van der Waals surface area contributed by atoms with E-state index in [9.17, 15) is 4.79 Å². The third kappa shape index (κ3) is 3.08. The van der Waals surface area contributed by atoms with Crippen LogP contribution in [0.25, 0.3) is 10.9 Å². The van der Waals surface area contributed by atoms with Gasteiger partial charge in [0.1, 0.15) is 12.6 Å². The third-order valence-electron chi connectivity index (χ3n) is 5.70. The number of hydrogen-bond acceptors (Lipinski definition) is 3. The second-order valence-corrected chi connectivity index (χ2v) is 7.14. The van der Waals surface area contributed by atoms with Crippen LogP contribution in [-0.2, 0) is 13.0 Å². The van der Waals surface area contributed by atoms with E-state index < -0.39 is 0 Å². The molecular weight excluding hydrogens is 340 g/mol. The van der Waals surface area contributed by atoms with Gasteiger partial charge >= 0.3 is 0 Å². The number of fused-ring (bicyclic) bond motifs is 2. The van der Waals surface area contributed by atoms with E-state index in [1.54, 1.807) is 14.2 Å². The SMILES string of the molecule is COc1cc2c(cc1OC)C[NH+]([C@H](C)C(=O)c1c[nH]c3ccccc13)CC2. The van der Waals surface area contributed by atoms with Gasteiger partial charge < -0.3 is 19.4 Å². The molecule has 1 aliphatic heterocycles. The van der Waals surface area contributed by atoms with E-state index in [4.69, 9.17) is 9.47 Å². The third-order valence-corrected chi connectivity index (χ3v) is 5.70.